The maximum Gasteiger partial charge on any atom is 0.319 e. The molecule has 4 rings (SSSR count). The van der Waals surface area contributed by atoms with Gasteiger partial charge in [-0.25, -0.2) is 4.79 Å². The fourth-order valence-corrected chi connectivity index (χ4v) is 4.29. The average Bonchev–Trinajstić information content (AvgIpc) is 2.71. The molecule has 2 N–H and O–H groups in total. The number of para-hydroxylation sites is 1. The maximum absolute atomic E-state index is 12.9. The van der Waals surface area contributed by atoms with E-state index in [1.807, 2.05) is 30.3 Å². The Bertz CT molecular complexity index is 908. The quantitative estimate of drug-likeness (QED) is 0.724. The van der Waals surface area contributed by atoms with E-state index in [-0.39, 0.29) is 17.5 Å². The van der Waals surface area contributed by atoms with E-state index >= 15 is 0 Å². The van der Waals surface area contributed by atoms with E-state index in [4.69, 9.17) is 4.74 Å². The van der Waals surface area contributed by atoms with Crippen LogP contribution in [0.1, 0.15) is 35.2 Å². The van der Waals surface area contributed by atoms with Crippen LogP contribution in [0.5, 0.6) is 0 Å². The summed E-state index contributed by atoms with van der Waals surface area (Å²) in [4.78, 5) is 27.5. The molecule has 0 aromatic heterocycles. The Balaban J connectivity index is 1.49. The molecular formula is C22H24BrN3O3. The van der Waals surface area contributed by atoms with Crippen LogP contribution in [0.25, 0.3) is 0 Å². The van der Waals surface area contributed by atoms with Gasteiger partial charge in [0.1, 0.15) is 0 Å². The Labute approximate surface area is 178 Å². The highest BCUT2D eigenvalue weighted by Gasteiger charge is 2.40. The Morgan fingerprint density at radius 2 is 1.79 bits per heavy atom. The summed E-state index contributed by atoms with van der Waals surface area (Å²) in [5.41, 5.74) is 1.74. The molecule has 0 atom stereocenters. The lowest BCUT2D eigenvalue weighted by molar-refractivity contribution is 0.0303. The normalized spacial score (nSPS) is 17.9. The first-order valence-corrected chi connectivity index (χ1v) is 10.7. The third kappa shape index (κ3) is 4.31. The smallest absolute Gasteiger partial charge is 0.319 e. The molecule has 2 aromatic carbocycles. The van der Waals surface area contributed by atoms with Crippen LogP contribution in [-0.4, -0.2) is 43.1 Å². The summed E-state index contributed by atoms with van der Waals surface area (Å²) in [5, 5.41) is 6.05. The lowest BCUT2D eigenvalue weighted by atomic mass is 9.72. The summed E-state index contributed by atoms with van der Waals surface area (Å²) in [6, 6.07) is 14.9. The Hall–Kier alpha value is -2.38. The van der Waals surface area contributed by atoms with Gasteiger partial charge in [0.2, 0.25) is 0 Å². The lowest BCUT2D eigenvalue weighted by Crippen LogP contribution is -2.52. The van der Waals surface area contributed by atoms with Crippen LogP contribution in [0.2, 0.25) is 0 Å². The van der Waals surface area contributed by atoms with Crippen LogP contribution in [0, 0.1) is 0 Å². The van der Waals surface area contributed by atoms with Gasteiger partial charge in [-0.15, -0.1) is 0 Å². The number of morpholine rings is 1. The first-order valence-electron chi connectivity index (χ1n) is 9.89. The van der Waals surface area contributed by atoms with E-state index in [0.717, 1.165) is 29.3 Å². The number of rotatable bonds is 4. The van der Waals surface area contributed by atoms with E-state index in [0.29, 0.717) is 37.6 Å². The van der Waals surface area contributed by atoms with Crippen LogP contribution >= 0.6 is 15.9 Å². The zero-order valence-electron chi connectivity index (χ0n) is 16.1. The van der Waals surface area contributed by atoms with Gasteiger partial charge < -0.3 is 20.3 Å². The van der Waals surface area contributed by atoms with Gasteiger partial charge >= 0.3 is 6.03 Å². The van der Waals surface area contributed by atoms with Gasteiger partial charge in [0.25, 0.3) is 5.91 Å². The van der Waals surface area contributed by atoms with Crippen LogP contribution in [0.15, 0.2) is 53.0 Å². The largest absolute Gasteiger partial charge is 0.378 e. The summed E-state index contributed by atoms with van der Waals surface area (Å²) in [6.07, 6.45) is 2.86. The first kappa shape index (κ1) is 19.9. The lowest BCUT2D eigenvalue weighted by Gasteiger charge is -2.43. The van der Waals surface area contributed by atoms with Crippen LogP contribution < -0.4 is 10.6 Å². The van der Waals surface area contributed by atoms with E-state index in [9.17, 15) is 9.59 Å². The van der Waals surface area contributed by atoms with Crippen molar-refractivity contribution in [2.75, 3.05) is 31.6 Å². The zero-order chi connectivity index (χ0) is 20.3. The third-order valence-corrected chi connectivity index (χ3v) is 6.13. The number of carbonyl (C=O) groups excluding carboxylic acids is 2. The van der Waals surface area contributed by atoms with Gasteiger partial charge in [-0.2, -0.15) is 0 Å². The molecule has 2 aromatic rings. The molecular weight excluding hydrogens is 434 g/mol. The van der Waals surface area contributed by atoms with Crippen molar-refractivity contribution in [3.05, 3.63) is 64.1 Å². The molecule has 7 heteroatoms. The summed E-state index contributed by atoms with van der Waals surface area (Å²) < 4.78 is 6.32. The minimum absolute atomic E-state index is 0.0884. The van der Waals surface area contributed by atoms with Gasteiger partial charge in [-0.05, 0) is 49.1 Å². The van der Waals surface area contributed by atoms with Gasteiger partial charge in [-0.1, -0.05) is 40.2 Å². The predicted molar refractivity (Wildman–Crippen MR) is 115 cm³/mol. The molecule has 29 heavy (non-hydrogen) atoms. The van der Waals surface area contributed by atoms with Crippen LogP contribution in [-0.2, 0) is 10.3 Å². The molecule has 0 bridgehead atoms. The summed E-state index contributed by atoms with van der Waals surface area (Å²) >= 11 is 3.51. The molecule has 0 spiro atoms. The van der Waals surface area contributed by atoms with Crippen molar-refractivity contribution >= 4 is 33.6 Å². The highest BCUT2D eigenvalue weighted by molar-refractivity contribution is 9.10. The molecule has 0 radical (unpaired) electrons. The molecule has 0 unspecified atom stereocenters. The van der Waals surface area contributed by atoms with Gasteiger partial charge in [-0.3, -0.25) is 4.79 Å². The topological polar surface area (TPSA) is 70.7 Å². The van der Waals surface area contributed by atoms with E-state index in [2.05, 4.69) is 32.6 Å². The van der Waals surface area contributed by atoms with Gasteiger partial charge in [0, 0.05) is 17.6 Å². The molecule has 2 aliphatic rings. The first-order chi connectivity index (χ1) is 14.1. The van der Waals surface area contributed by atoms with Crippen molar-refractivity contribution in [1.82, 2.24) is 10.2 Å². The second-order valence-electron chi connectivity index (χ2n) is 7.48. The molecule has 1 aliphatic heterocycles. The number of hydrogen-bond donors (Lipinski definition) is 2. The molecule has 2 fully saturated rings. The number of halogens is 1. The highest BCUT2D eigenvalue weighted by atomic mass is 79.9. The molecule has 1 saturated heterocycles. The minimum atomic E-state index is -0.364. The molecule has 3 amide bonds. The third-order valence-electron chi connectivity index (χ3n) is 5.64. The molecule has 1 heterocycles. The second-order valence-corrected chi connectivity index (χ2v) is 8.39. The van der Waals surface area contributed by atoms with Gasteiger partial charge in [0.05, 0.1) is 30.0 Å². The SMILES string of the molecule is O=C(Nc1ccccc1C(=O)N1CCOCC1)NC1(c2cccc(Br)c2)CCC1. The van der Waals surface area contributed by atoms with Crippen molar-refractivity contribution < 1.29 is 14.3 Å². The van der Waals surface area contributed by atoms with Gasteiger partial charge in [0.15, 0.2) is 0 Å². The monoisotopic (exact) mass is 457 g/mol. The minimum Gasteiger partial charge on any atom is -0.378 e. The number of benzene rings is 2. The van der Waals surface area contributed by atoms with Crippen LogP contribution in [0.4, 0.5) is 10.5 Å². The summed E-state index contributed by atoms with van der Waals surface area (Å²) in [5.74, 6) is -0.0884. The average molecular weight is 458 g/mol. The maximum atomic E-state index is 12.9. The predicted octanol–water partition coefficient (Wildman–Crippen LogP) is 4.12. The number of nitrogens with zero attached hydrogens (tertiary/aromatic N) is 1. The Morgan fingerprint density at radius 1 is 1.03 bits per heavy atom. The van der Waals surface area contributed by atoms with Crippen molar-refractivity contribution in [1.29, 1.82) is 0 Å². The highest BCUT2D eigenvalue weighted by Crippen LogP contribution is 2.42. The fourth-order valence-electron chi connectivity index (χ4n) is 3.89. The summed E-state index contributed by atoms with van der Waals surface area (Å²) in [7, 11) is 0. The second kappa shape index (κ2) is 8.55. The fraction of sp³-hybridized carbons (Fsp3) is 0.364. The van der Waals surface area contributed by atoms with Crippen LogP contribution in [0.3, 0.4) is 0 Å². The number of amides is 3. The number of hydrogen-bond acceptors (Lipinski definition) is 3. The van der Waals surface area contributed by atoms with Crippen molar-refractivity contribution in [3.63, 3.8) is 0 Å². The van der Waals surface area contributed by atoms with Crippen molar-refractivity contribution in [3.8, 4) is 0 Å². The zero-order valence-corrected chi connectivity index (χ0v) is 17.7. The Morgan fingerprint density at radius 3 is 2.48 bits per heavy atom. The van der Waals surface area contributed by atoms with Crippen molar-refractivity contribution in [2.45, 2.75) is 24.8 Å². The molecule has 1 saturated carbocycles. The van der Waals surface area contributed by atoms with E-state index in [1.54, 1.807) is 17.0 Å². The molecule has 152 valence electrons. The number of nitrogens with one attached hydrogen (secondary N) is 2. The number of urea groups is 1. The number of carbonyl (C=O) groups is 2. The van der Waals surface area contributed by atoms with E-state index in [1.165, 1.54) is 0 Å². The summed E-state index contributed by atoms with van der Waals surface area (Å²) in [6.45, 7) is 2.20. The molecule has 6 nitrogen and oxygen atoms in total. The standard InChI is InChI=1S/C22H24BrN3O3/c23-17-6-3-5-16(15-17)22(9-4-10-22)25-21(28)24-19-8-2-1-7-18(19)20(27)26-11-13-29-14-12-26/h1-3,5-8,15H,4,9-14H2,(H2,24,25,28). The van der Waals surface area contributed by atoms with Crippen molar-refractivity contribution in [2.24, 2.45) is 0 Å². The number of anilines is 1. The Kier molecular flexibility index (Phi) is 5.87. The van der Waals surface area contributed by atoms with E-state index < -0.39 is 0 Å². The number of ether oxygens (including phenoxy) is 1. The molecule has 1 aliphatic carbocycles.